The molecule has 3 rings (SSSR count). The number of hydrogen-bond acceptors (Lipinski definition) is 2. The fourth-order valence-electron chi connectivity index (χ4n) is 2.82. The minimum atomic E-state index is -1.31. The number of carboxylic acid groups (broad SMARTS) is 2. The standard InChI is InChI=1S/C16H12ClNO4/c17-11-3-1-2-9-4-5-10-6-7-18(15(10)14(9)11)12(16(21)22)8-13(19)20/h1-3,6-8H,4-5H2,(H,19,20)(H,21,22)/b12-8-. The fourth-order valence-corrected chi connectivity index (χ4v) is 3.10. The number of carbonyl (C=O) groups is 2. The van der Waals surface area contributed by atoms with E-state index in [2.05, 4.69) is 0 Å². The highest BCUT2D eigenvalue weighted by atomic mass is 35.5. The van der Waals surface area contributed by atoms with Crippen molar-refractivity contribution >= 4 is 29.2 Å². The Bertz CT molecular complexity index is 820. The van der Waals surface area contributed by atoms with Gasteiger partial charge >= 0.3 is 11.9 Å². The molecule has 0 atom stereocenters. The first-order valence-electron chi connectivity index (χ1n) is 6.65. The van der Waals surface area contributed by atoms with Crippen LogP contribution in [0.25, 0.3) is 17.0 Å². The van der Waals surface area contributed by atoms with Crippen molar-refractivity contribution in [1.82, 2.24) is 4.57 Å². The van der Waals surface area contributed by atoms with Crippen molar-refractivity contribution in [2.24, 2.45) is 0 Å². The van der Waals surface area contributed by atoms with Gasteiger partial charge in [0.05, 0.1) is 16.8 Å². The van der Waals surface area contributed by atoms with Crippen LogP contribution in [-0.4, -0.2) is 26.7 Å². The molecule has 2 N–H and O–H groups in total. The smallest absolute Gasteiger partial charge is 0.353 e. The first-order chi connectivity index (χ1) is 10.5. The lowest BCUT2D eigenvalue weighted by atomic mass is 9.90. The van der Waals surface area contributed by atoms with Gasteiger partial charge < -0.3 is 14.8 Å². The first kappa shape index (κ1) is 14.4. The van der Waals surface area contributed by atoms with E-state index in [-0.39, 0.29) is 5.70 Å². The van der Waals surface area contributed by atoms with Crippen LogP contribution in [0.15, 0.2) is 36.5 Å². The Morgan fingerprint density at radius 2 is 1.86 bits per heavy atom. The molecule has 22 heavy (non-hydrogen) atoms. The van der Waals surface area contributed by atoms with Gasteiger partial charge in [0, 0.05) is 11.8 Å². The van der Waals surface area contributed by atoms with Crippen molar-refractivity contribution in [2.75, 3.05) is 0 Å². The minimum Gasteiger partial charge on any atom is -0.478 e. The first-order valence-corrected chi connectivity index (χ1v) is 7.03. The highest BCUT2D eigenvalue weighted by Gasteiger charge is 2.25. The molecule has 1 aromatic carbocycles. The van der Waals surface area contributed by atoms with Crippen molar-refractivity contribution in [1.29, 1.82) is 0 Å². The summed E-state index contributed by atoms with van der Waals surface area (Å²) in [5.41, 5.74) is 3.09. The summed E-state index contributed by atoms with van der Waals surface area (Å²) in [4.78, 5) is 22.3. The summed E-state index contributed by atoms with van der Waals surface area (Å²) in [6.07, 6.45) is 3.84. The third kappa shape index (κ3) is 2.29. The van der Waals surface area contributed by atoms with Crippen molar-refractivity contribution in [2.45, 2.75) is 12.8 Å². The quantitative estimate of drug-likeness (QED) is 0.853. The SMILES string of the molecule is O=C(O)/C=C(/C(=O)O)n1ccc2c1-c1c(Cl)cccc1CC2. The Kier molecular flexibility index (Phi) is 3.50. The number of nitrogens with zero attached hydrogens (tertiary/aromatic N) is 1. The summed E-state index contributed by atoms with van der Waals surface area (Å²) in [5, 5.41) is 18.8. The van der Waals surface area contributed by atoms with Crippen LogP contribution < -0.4 is 0 Å². The summed E-state index contributed by atoms with van der Waals surface area (Å²) >= 11 is 6.29. The average molecular weight is 318 g/mol. The molecule has 1 heterocycles. The van der Waals surface area contributed by atoms with E-state index in [0.717, 1.165) is 29.5 Å². The van der Waals surface area contributed by atoms with Crippen LogP contribution in [0.1, 0.15) is 11.1 Å². The monoisotopic (exact) mass is 317 g/mol. The van der Waals surface area contributed by atoms with E-state index in [1.807, 2.05) is 12.1 Å². The number of rotatable bonds is 3. The maximum Gasteiger partial charge on any atom is 0.353 e. The average Bonchev–Trinajstić information content (AvgIpc) is 2.88. The van der Waals surface area contributed by atoms with Crippen molar-refractivity contribution in [3.05, 3.63) is 52.7 Å². The number of fused-ring (bicyclic) bond motifs is 3. The minimum absolute atomic E-state index is 0.318. The lowest BCUT2D eigenvalue weighted by molar-refractivity contribution is -0.133. The van der Waals surface area contributed by atoms with Gasteiger partial charge in [0.15, 0.2) is 0 Å². The molecule has 0 saturated carbocycles. The highest BCUT2D eigenvalue weighted by Crippen LogP contribution is 2.40. The number of carboxylic acids is 2. The van der Waals surface area contributed by atoms with Crippen LogP contribution in [0.2, 0.25) is 5.02 Å². The summed E-state index contributed by atoms with van der Waals surface area (Å²) in [7, 11) is 0. The molecule has 1 aliphatic rings. The molecule has 0 unspecified atom stereocenters. The molecule has 0 spiro atoms. The second-order valence-corrected chi connectivity index (χ2v) is 5.41. The van der Waals surface area contributed by atoms with Gasteiger partial charge in [-0.2, -0.15) is 0 Å². The van der Waals surface area contributed by atoms with Crippen LogP contribution in [0.3, 0.4) is 0 Å². The molecular formula is C16H12ClNO4. The summed E-state index contributed by atoms with van der Waals surface area (Å²) in [5.74, 6) is -2.62. The van der Waals surface area contributed by atoms with E-state index in [1.165, 1.54) is 4.57 Å². The maximum atomic E-state index is 11.4. The molecule has 112 valence electrons. The lowest BCUT2D eigenvalue weighted by Gasteiger charge is -2.21. The van der Waals surface area contributed by atoms with Gasteiger partial charge in [-0.05, 0) is 36.1 Å². The van der Waals surface area contributed by atoms with Gasteiger partial charge in [-0.25, -0.2) is 9.59 Å². The summed E-state index contributed by atoms with van der Waals surface area (Å²) < 4.78 is 1.38. The largest absolute Gasteiger partial charge is 0.478 e. The summed E-state index contributed by atoms with van der Waals surface area (Å²) in [6.45, 7) is 0. The number of hydrogen-bond donors (Lipinski definition) is 2. The summed E-state index contributed by atoms with van der Waals surface area (Å²) in [6, 6.07) is 7.35. The molecule has 0 saturated heterocycles. The second-order valence-electron chi connectivity index (χ2n) is 5.01. The number of benzene rings is 1. The molecule has 1 aromatic heterocycles. The molecule has 5 nitrogen and oxygen atoms in total. The lowest BCUT2D eigenvalue weighted by Crippen LogP contribution is -2.13. The third-order valence-electron chi connectivity index (χ3n) is 3.71. The van der Waals surface area contributed by atoms with Gasteiger partial charge in [0.1, 0.15) is 5.70 Å². The zero-order valence-electron chi connectivity index (χ0n) is 11.4. The van der Waals surface area contributed by atoms with E-state index in [9.17, 15) is 14.7 Å². The zero-order valence-corrected chi connectivity index (χ0v) is 12.2. The van der Waals surface area contributed by atoms with E-state index in [1.54, 1.807) is 18.3 Å². The highest BCUT2D eigenvalue weighted by molar-refractivity contribution is 6.33. The Labute approximate surface area is 131 Å². The van der Waals surface area contributed by atoms with E-state index >= 15 is 0 Å². The predicted octanol–water partition coefficient (Wildman–Crippen LogP) is 2.92. The molecule has 2 aromatic rings. The van der Waals surface area contributed by atoms with Crippen LogP contribution >= 0.6 is 11.6 Å². The number of aromatic nitrogens is 1. The van der Waals surface area contributed by atoms with Crippen LogP contribution in [0.5, 0.6) is 0 Å². The Morgan fingerprint density at radius 1 is 1.14 bits per heavy atom. The van der Waals surface area contributed by atoms with Crippen molar-refractivity contribution in [3.63, 3.8) is 0 Å². The van der Waals surface area contributed by atoms with Gasteiger partial charge in [0.2, 0.25) is 0 Å². The van der Waals surface area contributed by atoms with Gasteiger partial charge in [-0.3, -0.25) is 0 Å². The van der Waals surface area contributed by atoms with Crippen molar-refractivity contribution in [3.8, 4) is 11.3 Å². The molecule has 6 heteroatoms. The van der Waals surface area contributed by atoms with Crippen LogP contribution in [0, 0.1) is 0 Å². The Morgan fingerprint density at radius 3 is 2.55 bits per heavy atom. The Hall–Kier alpha value is -2.53. The molecule has 0 fully saturated rings. The van der Waals surface area contributed by atoms with E-state index in [0.29, 0.717) is 16.8 Å². The second kappa shape index (κ2) is 5.35. The predicted molar refractivity (Wildman–Crippen MR) is 81.8 cm³/mol. The molecule has 0 aliphatic heterocycles. The topological polar surface area (TPSA) is 79.5 Å². The molecule has 1 aliphatic carbocycles. The third-order valence-corrected chi connectivity index (χ3v) is 4.02. The zero-order chi connectivity index (χ0) is 15.9. The fraction of sp³-hybridized carbons (Fsp3) is 0.125. The van der Waals surface area contributed by atoms with E-state index < -0.39 is 11.9 Å². The van der Waals surface area contributed by atoms with Crippen LogP contribution in [0.4, 0.5) is 0 Å². The maximum absolute atomic E-state index is 11.4. The number of aliphatic carboxylic acids is 2. The van der Waals surface area contributed by atoms with E-state index in [4.69, 9.17) is 16.7 Å². The molecular weight excluding hydrogens is 306 g/mol. The number of aryl methyl sites for hydroxylation is 2. The van der Waals surface area contributed by atoms with Gasteiger partial charge in [-0.15, -0.1) is 0 Å². The molecule has 0 amide bonds. The normalized spacial score (nSPS) is 13.4. The van der Waals surface area contributed by atoms with Crippen LogP contribution in [-0.2, 0) is 22.4 Å². The van der Waals surface area contributed by atoms with Gasteiger partial charge in [-0.1, -0.05) is 23.7 Å². The molecule has 0 bridgehead atoms. The number of halogens is 1. The van der Waals surface area contributed by atoms with Crippen molar-refractivity contribution < 1.29 is 19.8 Å². The molecule has 0 radical (unpaired) electrons. The Balaban J connectivity index is 2.28. The van der Waals surface area contributed by atoms with Gasteiger partial charge in [0.25, 0.3) is 0 Å².